The number of nitrogens with one attached hydrogen (secondary N) is 1. The normalized spacial score (nSPS) is 11.5. The quantitative estimate of drug-likeness (QED) is 0.685. The summed E-state index contributed by atoms with van der Waals surface area (Å²) in [4.78, 5) is 4.11. The van der Waals surface area contributed by atoms with Crippen molar-refractivity contribution in [2.75, 3.05) is 11.6 Å². The van der Waals surface area contributed by atoms with Crippen molar-refractivity contribution >= 4 is 15.5 Å². The molecule has 26 heavy (non-hydrogen) atoms. The second-order valence-corrected chi connectivity index (χ2v) is 7.76. The van der Waals surface area contributed by atoms with Gasteiger partial charge in [0.2, 0.25) is 11.7 Å². The zero-order chi connectivity index (χ0) is 18.9. The SMILES string of the molecule is Cc1ccc(-c2noc(CNc3cc(S(C)(=O)=O)ccc3F)n2)cc1F. The van der Waals surface area contributed by atoms with Crippen LogP contribution in [0, 0.1) is 18.6 Å². The zero-order valence-corrected chi connectivity index (χ0v) is 14.8. The lowest BCUT2D eigenvalue weighted by Gasteiger charge is -2.07. The number of hydrogen-bond acceptors (Lipinski definition) is 6. The highest BCUT2D eigenvalue weighted by Crippen LogP contribution is 2.22. The Morgan fingerprint density at radius 1 is 1.12 bits per heavy atom. The number of aromatic nitrogens is 2. The average Bonchev–Trinajstić information content (AvgIpc) is 3.04. The lowest BCUT2D eigenvalue weighted by molar-refractivity contribution is 0.384. The first-order valence-corrected chi connectivity index (χ1v) is 9.46. The molecule has 0 aliphatic carbocycles. The summed E-state index contributed by atoms with van der Waals surface area (Å²) >= 11 is 0. The van der Waals surface area contributed by atoms with E-state index in [2.05, 4.69) is 15.5 Å². The fourth-order valence-electron chi connectivity index (χ4n) is 2.22. The molecule has 1 heterocycles. The second-order valence-electron chi connectivity index (χ2n) is 5.74. The van der Waals surface area contributed by atoms with Crippen LogP contribution in [0.4, 0.5) is 14.5 Å². The molecule has 1 aromatic heterocycles. The van der Waals surface area contributed by atoms with Gasteiger partial charge < -0.3 is 9.84 Å². The van der Waals surface area contributed by atoms with Crippen LogP contribution >= 0.6 is 0 Å². The minimum absolute atomic E-state index is 0.00550. The van der Waals surface area contributed by atoms with E-state index in [1.54, 1.807) is 19.1 Å². The van der Waals surface area contributed by atoms with Crippen LogP contribution in [-0.4, -0.2) is 24.8 Å². The molecular weight excluding hydrogens is 364 g/mol. The predicted octanol–water partition coefficient (Wildman–Crippen LogP) is 3.34. The van der Waals surface area contributed by atoms with Crippen LogP contribution in [0.25, 0.3) is 11.4 Å². The van der Waals surface area contributed by atoms with Gasteiger partial charge in [0.15, 0.2) is 9.84 Å². The Hall–Kier alpha value is -2.81. The first-order valence-electron chi connectivity index (χ1n) is 7.56. The van der Waals surface area contributed by atoms with Crippen LogP contribution in [-0.2, 0) is 16.4 Å². The highest BCUT2D eigenvalue weighted by molar-refractivity contribution is 7.90. The van der Waals surface area contributed by atoms with Gasteiger partial charge in [-0.05, 0) is 36.8 Å². The topological polar surface area (TPSA) is 85.1 Å². The van der Waals surface area contributed by atoms with Crippen LogP contribution in [0.3, 0.4) is 0 Å². The first kappa shape index (κ1) is 18.0. The van der Waals surface area contributed by atoms with E-state index in [1.165, 1.54) is 18.2 Å². The van der Waals surface area contributed by atoms with Gasteiger partial charge in [-0.2, -0.15) is 4.98 Å². The smallest absolute Gasteiger partial charge is 0.246 e. The molecule has 9 heteroatoms. The van der Waals surface area contributed by atoms with E-state index in [1.807, 2.05) is 0 Å². The Kier molecular flexibility index (Phi) is 4.73. The summed E-state index contributed by atoms with van der Waals surface area (Å²) in [7, 11) is -3.46. The van der Waals surface area contributed by atoms with Crippen LogP contribution in [0.1, 0.15) is 11.5 Å². The van der Waals surface area contributed by atoms with E-state index in [0.717, 1.165) is 12.3 Å². The molecule has 0 spiro atoms. The minimum Gasteiger partial charge on any atom is -0.374 e. The van der Waals surface area contributed by atoms with Crippen molar-refractivity contribution in [2.24, 2.45) is 0 Å². The van der Waals surface area contributed by atoms with Crippen molar-refractivity contribution in [2.45, 2.75) is 18.4 Å². The van der Waals surface area contributed by atoms with E-state index in [9.17, 15) is 17.2 Å². The standard InChI is InChI=1S/C17H15F2N3O3S/c1-10-3-4-11(7-14(10)19)17-21-16(25-22-17)9-20-15-8-12(26(2,23)24)5-6-13(15)18/h3-8,20H,9H2,1-2H3. The number of rotatable bonds is 5. The van der Waals surface area contributed by atoms with E-state index in [0.29, 0.717) is 11.1 Å². The molecule has 3 rings (SSSR count). The number of anilines is 1. The molecular formula is C17H15F2N3O3S. The number of nitrogens with zero attached hydrogens (tertiary/aromatic N) is 2. The lowest BCUT2D eigenvalue weighted by atomic mass is 10.1. The molecule has 0 bridgehead atoms. The van der Waals surface area contributed by atoms with Crippen molar-refractivity contribution in [3.63, 3.8) is 0 Å². The molecule has 0 radical (unpaired) electrons. The maximum atomic E-state index is 13.8. The van der Waals surface area contributed by atoms with E-state index < -0.39 is 15.7 Å². The minimum atomic E-state index is -3.46. The van der Waals surface area contributed by atoms with Crippen molar-refractivity contribution < 1.29 is 21.7 Å². The van der Waals surface area contributed by atoms with Gasteiger partial charge in [0.25, 0.3) is 0 Å². The Balaban J connectivity index is 1.77. The predicted molar refractivity (Wildman–Crippen MR) is 91.3 cm³/mol. The van der Waals surface area contributed by atoms with Crippen molar-refractivity contribution in [3.8, 4) is 11.4 Å². The summed E-state index contributed by atoms with van der Waals surface area (Å²) in [6, 6.07) is 8.00. The summed E-state index contributed by atoms with van der Waals surface area (Å²) in [5.74, 6) is -0.652. The molecule has 0 amide bonds. The van der Waals surface area contributed by atoms with Crippen LogP contribution in [0.15, 0.2) is 45.8 Å². The molecule has 6 nitrogen and oxygen atoms in total. The number of sulfone groups is 1. The molecule has 0 saturated heterocycles. The molecule has 0 aliphatic heterocycles. The molecule has 3 aromatic rings. The highest BCUT2D eigenvalue weighted by Gasteiger charge is 2.13. The van der Waals surface area contributed by atoms with Crippen molar-refractivity contribution in [1.29, 1.82) is 0 Å². The number of aryl methyl sites for hydroxylation is 1. The van der Waals surface area contributed by atoms with Crippen LogP contribution in [0.2, 0.25) is 0 Å². The third kappa shape index (κ3) is 3.88. The van der Waals surface area contributed by atoms with Gasteiger partial charge in [0.05, 0.1) is 17.1 Å². The van der Waals surface area contributed by atoms with Gasteiger partial charge in [-0.1, -0.05) is 17.3 Å². The summed E-state index contributed by atoms with van der Waals surface area (Å²) in [6.45, 7) is 1.62. The molecule has 136 valence electrons. The maximum Gasteiger partial charge on any atom is 0.246 e. The molecule has 1 N–H and O–H groups in total. The molecule has 0 atom stereocenters. The summed E-state index contributed by atoms with van der Waals surface area (Å²) in [6.07, 6.45) is 1.04. The Bertz CT molecular complexity index is 1060. The summed E-state index contributed by atoms with van der Waals surface area (Å²) in [5, 5.41) is 6.48. The van der Waals surface area contributed by atoms with Gasteiger partial charge >= 0.3 is 0 Å². The highest BCUT2D eigenvalue weighted by atomic mass is 32.2. The van der Waals surface area contributed by atoms with Gasteiger partial charge in [-0.15, -0.1) is 0 Å². The number of benzene rings is 2. The first-order chi connectivity index (χ1) is 12.2. The van der Waals surface area contributed by atoms with E-state index >= 15 is 0 Å². The second kappa shape index (κ2) is 6.83. The molecule has 0 saturated carbocycles. The zero-order valence-electron chi connectivity index (χ0n) is 14.0. The largest absolute Gasteiger partial charge is 0.374 e. The summed E-state index contributed by atoms with van der Waals surface area (Å²) < 4.78 is 55.7. The number of halogens is 2. The van der Waals surface area contributed by atoms with Gasteiger partial charge in [0, 0.05) is 11.8 Å². The van der Waals surface area contributed by atoms with Crippen LogP contribution < -0.4 is 5.32 Å². The Labute approximate surface area is 148 Å². The molecule has 0 fully saturated rings. The fourth-order valence-corrected chi connectivity index (χ4v) is 2.86. The van der Waals surface area contributed by atoms with Crippen molar-refractivity contribution in [3.05, 3.63) is 59.5 Å². The van der Waals surface area contributed by atoms with Gasteiger partial charge in [-0.3, -0.25) is 0 Å². The van der Waals surface area contributed by atoms with Gasteiger partial charge in [0.1, 0.15) is 11.6 Å². The maximum absolute atomic E-state index is 13.8. The van der Waals surface area contributed by atoms with Gasteiger partial charge in [-0.25, -0.2) is 17.2 Å². The fraction of sp³-hybridized carbons (Fsp3) is 0.176. The lowest BCUT2D eigenvalue weighted by Crippen LogP contribution is -2.04. The molecule has 0 aliphatic rings. The summed E-state index contributed by atoms with van der Waals surface area (Å²) in [5.41, 5.74) is 0.947. The number of hydrogen-bond donors (Lipinski definition) is 1. The molecule has 2 aromatic carbocycles. The Morgan fingerprint density at radius 2 is 1.88 bits per heavy atom. The Morgan fingerprint density at radius 3 is 2.58 bits per heavy atom. The molecule has 0 unspecified atom stereocenters. The van der Waals surface area contributed by atoms with Crippen LogP contribution in [0.5, 0.6) is 0 Å². The van der Waals surface area contributed by atoms with E-state index in [-0.39, 0.29) is 34.7 Å². The monoisotopic (exact) mass is 379 g/mol. The average molecular weight is 379 g/mol. The van der Waals surface area contributed by atoms with E-state index in [4.69, 9.17) is 4.52 Å². The van der Waals surface area contributed by atoms with Crippen molar-refractivity contribution in [1.82, 2.24) is 10.1 Å². The third-order valence-electron chi connectivity index (χ3n) is 3.69. The third-order valence-corrected chi connectivity index (χ3v) is 4.80.